The second-order valence-electron chi connectivity index (χ2n) is 16.2. The van der Waals surface area contributed by atoms with Gasteiger partial charge in [-0.3, -0.25) is 14.9 Å². The number of nitrogens with zero attached hydrogens (tertiary/aromatic N) is 3. The van der Waals surface area contributed by atoms with E-state index in [0.29, 0.717) is 61.1 Å². The fraction of sp³-hybridized carbons (Fsp3) is 0.535. The molecule has 0 unspecified atom stereocenters. The number of anilines is 3. The average molecular weight is 854 g/mol. The van der Waals surface area contributed by atoms with Crippen molar-refractivity contribution in [3.05, 3.63) is 70.3 Å². The van der Waals surface area contributed by atoms with Crippen LogP contribution in [0.15, 0.2) is 54.1 Å². The lowest BCUT2D eigenvalue weighted by Crippen LogP contribution is -2.63. The minimum Gasteiger partial charge on any atom is -0.495 e. The van der Waals surface area contributed by atoms with Crippen molar-refractivity contribution in [2.24, 2.45) is 5.92 Å². The molecule has 4 aliphatic rings. The summed E-state index contributed by atoms with van der Waals surface area (Å²) in [4.78, 5) is 60.0. The van der Waals surface area contributed by atoms with Crippen molar-refractivity contribution < 1.29 is 52.7 Å². The number of epoxide rings is 1. The Morgan fingerprint density at radius 2 is 1.85 bits per heavy atom. The Labute approximate surface area is 355 Å². The van der Waals surface area contributed by atoms with Crippen LogP contribution in [0.3, 0.4) is 0 Å². The van der Waals surface area contributed by atoms with Crippen LogP contribution in [0.2, 0.25) is 5.02 Å². The van der Waals surface area contributed by atoms with E-state index < -0.39 is 71.6 Å². The number of fused-ring (bicyclic) bond motifs is 5. The van der Waals surface area contributed by atoms with Gasteiger partial charge >= 0.3 is 12.1 Å². The van der Waals surface area contributed by atoms with Gasteiger partial charge in [0, 0.05) is 52.2 Å². The lowest BCUT2D eigenvalue weighted by Gasteiger charge is -2.42. The topological polar surface area (TPSA) is 195 Å². The number of nitrogens with two attached hydrogens (primary N) is 1. The van der Waals surface area contributed by atoms with Crippen LogP contribution in [0, 0.1) is 5.92 Å². The van der Waals surface area contributed by atoms with Crippen molar-refractivity contribution >= 4 is 52.5 Å². The summed E-state index contributed by atoms with van der Waals surface area (Å²) in [6, 6.07) is 7.45. The van der Waals surface area contributed by atoms with Crippen molar-refractivity contribution in [1.82, 2.24) is 10.2 Å². The first kappa shape index (κ1) is 44.7. The van der Waals surface area contributed by atoms with E-state index in [4.69, 9.17) is 45.8 Å². The number of ether oxygens (including phenoxy) is 6. The fourth-order valence-electron chi connectivity index (χ4n) is 8.14. The average Bonchev–Trinajstić information content (AvgIpc) is 3.92. The zero-order chi connectivity index (χ0) is 43.7. The number of allylic oxidation sites excluding steroid dienone is 3. The molecule has 3 fully saturated rings. The second kappa shape index (κ2) is 18.0. The molecule has 3 saturated heterocycles. The molecular formula is C43H56ClN5O11. The third-order valence-corrected chi connectivity index (χ3v) is 12.5. The summed E-state index contributed by atoms with van der Waals surface area (Å²) in [6.07, 6.45) is 0.712. The number of likely N-dealkylation sites (N-methyl/N-ethyl adjacent to an activating group) is 1. The molecule has 4 N–H and O–H groups in total. The Hall–Kier alpha value is -4.87. The molecule has 2 aromatic rings. The van der Waals surface area contributed by atoms with Gasteiger partial charge in [0.2, 0.25) is 5.91 Å². The number of benzene rings is 2. The lowest BCUT2D eigenvalue weighted by atomic mass is 9.83. The maximum Gasteiger partial charge on any atom is 0.409 e. The van der Waals surface area contributed by atoms with Crippen LogP contribution in [-0.4, -0.2) is 130 Å². The fourth-order valence-corrected chi connectivity index (χ4v) is 8.45. The van der Waals surface area contributed by atoms with Crippen molar-refractivity contribution in [2.45, 2.75) is 88.7 Å². The summed E-state index contributed by atoms with van der Waals surface area (Å²) in [5.41, 5.74) is 6.80. The van der Waals surface area contributed by atoms with Crippen LogP contribution in [0.1, 0.15) is 56.5 Å². The number of alkyl carbamates (subject to hydrolysis) is 1. The largest absolute Gasteiger partial charge is 0.495 e. The Morgan fingerprint density at radius 1 is 1.13 bits per heavy atom. The van der Waals surface area contributed by atoms with Gasteiger partial charge in [0.1, 0.15) is 40.7 Å². The van der Waals surface area contributed by atoms with E-state index in [1.54, 1.807) is 63.4 Å². The first-order chi connectivity index (χ1) is 28.4. The van der Waals surface area contributed by atoms with Crippen molar-refractivity contribution in [2.75, 3.05) is 70.2 Å². The number of esters is 1. The number of hydrogen-bond donors (Lipinski definition) is 3. The number of rotatable bonds is 7. The quantitative estimate of drug-likeness (QED) is 0.204. The number of aliphatic hydroxyl groups is 1. The van der Waals surface area contributed by atoms with E-state index in [1.165, 1.54) is 38.0 Å². The van der Waals surface area contributed by atoms with Crippen LogP contribution in [0.25, 0.3) is 0 Å². The van der Waals surface area contributed by atoms with Crippen LogP contribution in [-0.2, 0) is 39.7 Å². The van der Waals surface area contributed by atoms with Gasteiger partial charge in [-0.25, -0.2) is 9.59 Å². The van der Waals surface area contributed by atoms with E-state index in [1.807, 2.05) is 17.9 Å². The first-order valence-electron chi connectivity index (χ1n) is 20.0. The van der Waals surface area contributed by atoms with Gasteiger partial charge in [0.05, 0.1) is 49.9 Å². The number of carbonyl (C=O) groups is 4. The molecule has 16 nitrogen and oxygen atoms in total. The summed E-state index contributed by atoms with van der Waals surface area (Å²) >= 11 is 6.81. The number of morpholine rings is 1. The summed E-state index contributed by atoms with van der Waals surface area (Å²) < 4.78 is 34.9. The third kappa shape index (κ3) is 9.22. The Balaban J connectivity index is 1.32. The van der Waals surface area contributed by atoms with E-state index in [2.05, 4.69) is 5.32 Å². The summed E-state index contributed by atoms with van der Waals surface area (Å²) in [6.45, 7) is 9.26. The number of nitrogens with one attached hydrogen (secondary N) is 1. The van der Waals surface area contributed by atoms with Gasteiger partial charge in [-0.05, 0) is 63.1 Å². The molecule has 4 bridgehead atoms. The number of hydrogen-bond acceptors (Lipinski definition) is 13. The summed E-state index contributed by atoms with van der Waals surface area (Å²) in [5.74, 6) is -1.88. The summed E-state index contributed by atoms with van der Waals surface area (Å²) in [5, 5.41) is 14.5. The Kier molecular flexibility index (Phi) is 13.4. The van der Waals surface area contributed by atoms with E-state index in [9.17, 15) is 24.3 Å². The highest BCUT2D eigenvalue weighted by Gasteiger charge is 2.64. The Bertz CT molecular complexity index is 2040. The highest BCUT2D eigenvalue weighted by Crippen LogP contribution is 2.49. The maximum atomic E-state index is 14.3. The summed E-state index contributed by atoms with van der Waals surface area (Å²) in [7, 11) is 5.99. The van der Waals surface area contributed by atoms with Gasteiger partial charge in [-0.15, -0.1) is 0 Å². The third-order valence-electron chi connectivity index (χ3n) is 12.1. The molecule has 0 radical (unpaired) electrons. The number of halogens is 1. The molecule has 0 spiro atoms. The number of carbonyl (C=O) groups excluding carboxylic acids is 4. The second-order valence-corrected chi connectivity index (χ2v) is 16.6. The van der Waals surface area contributed by atoms with Gasteiger partial charge < -0.3 is 54.0 Å². The van der Waals surface area contributed by atoms with Crippen molar-refractivity contribution in [3.63, 3.8) is 0 Å². The Morgan fingerprint density at radius 3 is 2.53 bits per heavy atom. The van der Waals surface area contributed by atoms with Crippen LogP contribution in [0.5, 0.6) is 5.75 Å². The molecule has 0 aliphatic carbocycles. The zero-order valence-electron chi connectivity index (χ0n) is 35.4. The smallest absolute Gasteiger partial charge is 0.409 e. The molecule has 2 aromatic carbocycles. The van der Waals surface area contributed by atoms with Gasteiger partial charge in [0.15, 0.2) is 5.72 Å². The van der Waals surface area contributed by atoms with Gasteiger partial charge in [-0.1, -0.05) is 42.3 Å². The van der Waals surface area contributed by atoms with Crippen molar-refractivity contribution in [3.8, 4) is 5.75 Å². The molecule has 60 heavy (non-hydrogen) atoms. The lowest BCUT2D eigenvalue weighted by molar-refractivity contribution is -0.158. The standard InChI is InChI=1S/C43H56ClN5O11/c1-24-10-9-11-34(56-8)43(54)23-33(58-41(53)46-43)25(2)38-42(4,60-38)35(22-36(50)48(6)31-19-27(18-24)20-32(55-7)37(31)44)59-40(52)26(3)47(5)39(51)28-12-13-29(45)30(21-28)49-14-16-57-17-15-49/h9-13,19-21,25-26,33-35,38,54H,14-18,22-23,45H2,1-8H3,(H,46,53)/b11-9+,24-10+/t25-,26+,33+,34-,35+,38+,42+,43+/m1/s1. The molecule has 4 aliphatic heterocycles. The molecule has 326 valence electrons. The zero-order valence-corrected chi connectivity index (χ0v) is 36.1. The van der Waals surface area contributed by atoms with E-state index >= 15 is 0 Å². The normalized spacial score (nSPS) is 30.4. The molecule has 8 atom stereocenters. The molecule has 17 heteroatoms. The monoisotopic (exact) mass is 853 g/mol. The van der Waals surface area contributed by atoms with Crippen molar-refractivity contribution in [1.29, 1.82) is 0 Å². The van der Waals surface area contributed by atoms with Gasteiger partial charge in [0.25, 0.3) is 5.91 Å². The molecule has 4 heterocycles. The molecule has 3 amide bonds. The SMILES string of the molecule is COc1cc2cc(c1Cl)N(C)C(=O)C[C@H](OC(=O)[C@H](C)N(C)C(=O)c1ccc(N)c(N3CCOCC3)c1)[C@]1(C)O[C@H]1[C@H](C)[C@@H]1C[C@@](O)(NC(=O)O1)[C@H](OC)/C=C/C=C(\C)C2. The van der Waals surface area contributed by atoms with E-state index in [-0.39, 0.29) is 17.9 Å². The van der Waals surface area contributed by atoms with Gasteiger partial charge in [-0.2, -0.15) is 0 Å². The minimum atomic E-state index is -1.85. The van der Waals surface area contributed by atoms with E-state index in [0.717, 1.165) is 11.1 Å². The molecule has 0 aromatic heterocycles. The minimum absolute atomic E-state index is 0.0695. The number of amides is 3. The van der Waals surface area contributed by atoms with Crippen LogP contribution in [0.4, 0.5) is 21.9 Å². The molecular weight excluding hydrogens is 798 g/mol. The first-order valence-corrected chi connectivity index (χ1v) is 20.4. The van der Waals surface area contributed by atoms with Crippen LogP contribution < -0.4 is 25.6 Å². The number of nitrogen functional groups attached to an aromatic ring is 1. The maximum absolute atomic E-state index is 14.3. The molecule has 0 saturated carbocycles. The molecule has 6 rings (SSSR count). The predicted octanol–water partition coefficient (Wildman–Crippen LogP) is 4.25. The highest BCUT2D eigenvalue weighted by atomic mass is 35.5. The number of methoxy groups -OCH3 is 2. The highest BCUT2D eigenvalue weighted by molar-refractivity contribution is 6.35. The predicted molar refractivity (Wildman–Crippen MR) is 224 cm³/mol. The van der Waals surface area contributed by atoms with Crippen LogP contribution >= 0.6 is 11.6 Å².